The second-order valence-corrected chi connectivity index (χ2v) is 12.7. The van der Waals surface area contributed by atoms with Crippen LogP contribution in [0.15, 0.2) is 40.8 Å². The van der Waals surface area contributed by atoms with Gasteiger partial charge in [0, 0.05) is 15.6 Å². The van der Waals surface area contributed by atoms with Crippen LogP contribution in [0.25, 0.3) is 0 Å². The summed E-state index contributed by atoms with van der Waals surface area (Å²) in [5.74, 6) is 0.257. The van der Waals surface area contributed by atoms with Gasteiger partial charge < -0.3 is 19.3 Å². The van der Waals surface area contributed by atoms with Crippen LogP contribution in [0.1, 0.15) is 25.8 Å². The van der Waals surface area contributed by atoms with Gasteiger partial charge in [-0.3, -0.25) is 4.57 Å². The van der Waals surface area contributed by atoms with Crippen LogP contribution in [-0.2, 0) is 20.2 Å². The molecule has 5 nitrogen and oxygen atoms in total. The maximum atomic E-state index is 14.0. The molecule has 0 bridgehead atoms. The van der Waals surface area contributed by atoms with Gasteiger partial charge in [-0.15, -0.1) is 11.8 Å². The van der Waals surface area contributed by atoms with E-state index in [4.69, 9.17) is 9.05 Å². The molecule has 148 valence electrons. The number of hydrogen-bond acceptors (Lipinski definition) is 7. The van der Waals surface area contributed by atoms with Crippen molar-refractivity contribution in [2.45, 2.75) is 40.8 Å². The second kappa shape index (κ2) is 7.21. The molecule has 1 aromatic carbocycles. The highest BCUT2D eigenvalue weighted by Crippen LogP contribution is 2.94. The van der Waals surface area contributed by atoms with E-state index in [1.165, 1.54) is 0 Å². The Hall–Kier alpha value is -0.270. The summed E-state index contributed by atoms with van der Waals surface area (Å²) in [5.41, 5.74) is 1.73. The molecular formula is C19H25O5PS2. The number of aliphatic hydroxyl groups is 2. The van der Waals surface area contributed by atoms with Gasteiger partial charge in [0.05, 0.1) is 26.4 Å². The molecule has 2 N–H and O–H groups in total. The Bertz CT molecular complexity index is 788. The van der Waals surface area contributed by atoms with Crippen LogP contribution in [0, 0.1) is 11.3 Å². The first kappa shape index (κ1) is 20.0. The van der Waals surface area contributed by atoms with Gasteiger partial charge in [-0.05, 0) is 49.5 Å². The molecule has 2 aliphatic carbocycles. The standard InChI is InChI=1S/C19H25O5PS2/c1-3-23-25(22,24-4-2)19(26-15-7-5-13(11-20)6-8-15)18-10-16(18)14(12-21)9-17(18)27-19/h5-9,16-17,20-21H,3-4,10-12H2,1-2H3. The highest BCUT2D eigenvalue weighted by molar-refractivity contribution is 8.27. The third kappa shape index (κ3) is 2.74. The highest BCUT2D eigenvalue weighted by atomic mass is 32.2. The minimum atomic E-state index is -3.41. The largest absolute Gasteiger partial charge is 0.392 e. The van der Waals surface area contributed by atoms with Gasteiger partial charge in [0.2, 0.25) is 0 Å². The topological polar surface area (TPSA) is 76.0 Å². The highest BCUT2D eigenvalue weighted by Gasteiger charge is 2.86. The molecule has 0 aromatic heterocycles. The zero-order valence-corrected chi connectivity index (χ0v) is 18.0. The first-order chi connectivity index (χ1) is 13.0. The van der Waals surface area contributed by atoms with E-state index in [1.54, 1.807) is 23.5 Å². The van der Waals surface area contributed by atoms with Crippen molar-refractivity contribution in [3.63, 3.8) is 0 Å². The average molecular weight is 429 g/mol. The molecule has 1 saturated carbocycles. The van der Waals surface area contributed by atoms with Crippen molar-refractivity contribution in [3.8, 4) is 0 Å². The number of thioether (sulfide) groups is 2. The van der Waals surface area contributed by atoms with Crippen molar-refractivity contribution in [1.29, 1.82) is 0 Å². The monoisotopic (exact) mass is 428 g/mol. The predicted octanol–water partition coefficient (Wildman–Crippen LogP) is 4.24. The molecule has 1 spiro atoms. The smallest absolute Gasteiger partial charge is 0.357 e. The van der Waals surface area contributed by atoms with Gasteiger partial charge in [0.25, 0.3) is 0 Å². The lowest BCUT2D eigenvalue weighted by atomic mass is 10.0. The van der Waals surface area contributed by atoms with Crippen LogP contribution in [0.3, 0.4) is 0 Å². The summed E-state index contributed by atoms with van der Waals surface area (Å²) in [5, 5.41) is 19.3. The van der Waals surface area contributed by atoms with Crippen molar-refractivity contribution in [2.75, 3.05) is 19.8 Å². The van der Waals surface area contributed by atoms with E-state index >= 15 is 0 Å². The summed E-state index contributed by atoms with van der Waals surface area (Å²) in [7, 11) is -3.41. The van der Waals surface area contributed by atoms with Gasteiger partial charge in [0.15, 0.2) is 3.82 Å². The van der Waals surface area contributed by atoms with Gasteiger partial charge in [0.1, 0.15) is 0 Å². The molecule has 3 aliphatic rings. The first-order valence-corrected chi connectivity index (χ1v) is 12.5. The normalized spacial score (nSPS) is 33.9. The number of hydrogen-bond donors (Lipinski definition) is 2. The SMILES string of the molecule is CCOP(=O)(OCC)C1(Sc2ccc(CO)cc2)SC2C=C(CO)C3CC231. The van der Waals surface area contributed by atoms with Gasteiger partial charge in [-0.2, -0.15) is 0 Å². The molecule has 0 radical (unpaired) electrons. The summed E-state index contributed by atoms with van der Waals surface area (Å²) < 4.78 is 24.9. The molecule has 2 fully saturated rings. The Morgan fingerprint density at radius 3 is 2.37 bits per heavy atom. The molecular weight excluding hydrogens is 403 g/mol. The van der Waals surface area contributed by atoms with Crippen molar-refractivity contribution in [2.24, 2.45) is 11.3 Å². The van der Waals surface area contributed by atoms with Crippen LogP contribution >= 0.6 is 31.1 Å². The lowest BCUT2D eigenvalue weighted by Gasteiger charge is -2.54. The summed E-state index contributed by atoms with van der Waals surface area (Å²) in [6.45, 7) is 4.40. The van der Waals surface area contributed by atoms with Crippen molar-refractivity contribution < 1.29 is 23.8 Å². The number of rotatable bonds is 9. The van der Waals surface area contributed by atoms with E-state index in [2.05, 4.69) is 6.08 Å². The summed E-state index contributed by atoms with van der Waals surface area (Å²) in [4.78, 5) is 0.982. The quantitative estimate of drug-likeness (QED) is 0.450. The Morgan fingerprint density at radius 1 is 1.19 bits per heavy atom. The first-order valence-electron chi connectivity index (χ1n) is 9.27. The zero-order valence-electron chi connectivity index (χ0n) is 15.5. The maximum absolute atomic E-state index is 14.0. The molecule has 1 aromatic rings. The fourth-order valence-corrected chi connectivity index (χ4v) is 12.4. The maximum Gasteiger partial charge on any atom is 0.357 e. The lowest BCUT2D eigenvalue weighted by molar-refractivity contribution is 0.203. The minimum absolute atomic E-state index is 0.000903. The van der Waals surface area contributed by atoms with E-state index in [1.807, 2.05) is 38.1 Å². The van der Waals surface area contributed by atoms with E-state index in [0.717, 1.165) is 22.5 Å². The molecule has 4 atom stereocenters. The Balaban J connectivity index is 1.72. The predicted molar refractivity (Wildman–Crippen MR) is 109 cm³/mol. The molecule has 1 aliphatic heterocycles. The fraction of sp³-hybridized carbons (Fsp3) is 0.579. The Morgan fingerprint density at radius 2 is 1.85 bits per heavy atom. The Labute approximate surface area is 168 Å². The van der Waals surface area contributed by atoms with E-state index in [-0.39, 0.29) is 29.8 Å². The fourth-order valence-electron chi connectivity index (χ4n) is 4.43. The minimum Gasteiger partial charge on any atom is -0.392 e. The summed E-state index contributed by atoms with van der Waals surface area (Å²) in [6.07, 6.45) is 3.07. The van der Waals surface area contributed by atoms with Crippen LogP contribution in [0.4, 0.5) is 0 Å². The molecule has 1 saturated heterocycles. The van der Waals surface area contributed by atoms with Crippen LogP contribution in [-0.4, -0.2) is 39.1 Å². The average Bonchev–Trinajstić information content (AvgIpc) is 3.39. The van der Waals surface area contributed by atoms with Gasteiger partial charge >= 0.3 is 7.60 Å². The molecule has 8 heteroatoms. The van der Waals surface area contributed by atoms with Crippen LogP contribution < -0.4 is 0 Å². The lowest BCUT2D eigenvalue weighted by Crippen LogP contribution is -2.51. The number of benzene rings is 1. The van der Waals surface area contributed by atoms with E-state index in [9.17, 15) is 14.8 Å². The zero-order chi connectivity index (χ0) is 19.3. The van der Waals surface area contributed by atoms with Crippen LogP contribution in [0.5, 0.6) is 0 Å². The third-order valence-corrected chi connectivity index (χ3v) is 13.2. The van der Waals surface area contributed by atoms with E-state index in [0.29, 0.717) is 13.2 Å². The van der Waals surface area contributed by atoms with Crippen molar-refractivity contribution >= 4 is 31.1 Å². The second-order valence-electron chi connectivity index (χ2n) is 7.05. The molecule has 4 unspecified atom stereocenters. The van der Waals surface area contributed by atoms with Crippen LogP contribution in [0.2, 0.25) is 0 Å². The molecule has 27 heavy (non-hydrogen) atoms. The summed E-state index contributed by atoms with van der Waals surface area (Å²) in [6, 6.07) is 7.68. The molecule has 4 rings (SSSR count). The van der Waals surface area contributed by atoms with E-state index < -0.39 is 11.4 Å². The van der Waals surface area contributed by atoms with Crippen molar-refractivity contribution in [1.82, 2.24) is 0 Å². The Kier molecular flexibility index (Phi) is 5.34. The molecule has 1 heterocycles. The molecule has 0 amide bonds. The summed E-state index contributed by atoms with van der Waals surface area (Å²) >= 11 is 3.22. The van der Waals surface area contributed by atoms with Crippen molar-refractivity contribution in [3.05, 3.63) is 41.5 Å². The van der Waals surface area contributed by atoms with Gasteiger partial charge in [-0.1, -0.05) is 30.0 Å². The number of aliphatic hydroxyl groups excluding tert-OH is 2. The van der Waals surface area contributed by atoms with Gasteiger partial charge in [-0.25, -0.2) is 0 Å². The third-order valence-electron chi connectivity index (χ3n) is 5.70.